The normalized spacial score (nSPS) is 11.3. The van der Waals surface area contributed by atoms with Crippen LogP contribution in [0.5, 0.6) is 0 Å². The summed E-state index contributed by atoms with van der Waals surface area (Å²) in [6, 6.07) is 11.6. The van der Waals surface area contributed by atoms with Gasteiger partial charge in [-0.25, -0.2) is 0 Å². The molecule has 106 valence electrons. The Morgan fingerprint density at radius 1 is 0.952 bits per heavy atom. The van der Waals surface area contributed by atoms with E-state index in [2.05, 4.69) is 0 Å². The highest BCUT2D eigenvalue weighted by Gasteiger charge is 2.01. The van der Waals surface area contributed by atoms with Gasteiger partial charge in [-0.05, 0) is 35.4 Å². The Morgan fingerprint density at radius 2 is 1.62 bits per heavy atom. The van der Waals surface area contributed by atoms with Crippen molar-refractivity contribution in [1.82, 2.24) is 0 Å². The van der Waals surface area contributed by atoms with Gasteiger partial charge in [-0.2, -0.15) is 0 Å². The lowest BCUT2D eigenvalue weighted by Gasteiger charge is -1.97. The minimum atomic E-state index is -0.421. The van der Waals surface area contributed by atoms with Crippen molar-refractivity contribution in [3.8, 4) is 0 Å². The number of hydrogen-bond donors (Lipinski definition) is 0. The number of benzene rings is 2. The highest BCUT2D eigenvalue weighted by atomic mass is 35.5. The second-order valence-electron chi connectivity index (χ2n) is 4.23. The third kappa shape index (κ3) is 4.45. The first kappa shape index (κ1) is 15.3. The van der Waals surface area contributed by atoms with Crippen LogP contribution < -0.4 is 0 Å². The summed E-state index contributed by atoms with van der Waals surface area (Å²) in [6.07, 6.45) is 7.40. The van der Waals surface area contributed by atoms with Gasteiger partial charge in [0, 0.05) is 22.2 Å². The van der Waals surface area contributed by atoms with Crippen LogP contribution in [-0.4, -0.2) is 4.92 Å². The molecule has 0 atom stereocenters. The van der Waals surface area contributed by atoms with E-state index in [0.717, 1.165) is 11.1 Å². The molecule has 0 unspecified atom stereocenters. The van der Waals surface area contributed by atoms with Gasteiger partial charge in [-0.1, -0.05) is 53.6 Å². The molecule has 0 aliphatic carbocycles. The fourth-order valence-electron chi connectivity index (χ4n) is 1.67. The fraction of sp³-hybridized carbons (Fsp3) is 0. The molecule has 0 bridgehead atoms. The molecular weight excluding hydrogens is 309 g/mol. The first-order chi connectivity index (χ1) is 10.1. The van der Waals surface area contributed by atoms with Gasteiger partial charge in [0.1, 0.15) is 0 Å². The summed E-state index contributed by atoms with van der Waals surface area (Å²) in [4.78, 5) is 10.1. The average Bonchev–Trinajstić information content (AvgIpc) is 2.46. The van der Waals surface area contributed by atoms with Crippen molar-refractivity contribution >= 4 is 41.0 Å². The summed E-state index contributed by atoms with van der Waals surface area (Å²) < 4.78 is 0. The molecule has 0 heterocycles. The number of rotatable bonds is 4. The number of nitrogens with zero attached hydrogens (tertiary/aromatic N) is 1. The molecule has 0 saturated heterocycles. The zero-order valence-corrected chi connectivity index (χ0v) is 12.4. The van der Waals surface area contributed by atoms with Crippen LogP contribution in [0.4, 0.5) is 5.69 Å². The van der Waals surface area contributed by atoms with Crippen molar-refractivity contribution in [2.45, 2.75) is 0 Å². The van der Waals surface area contributed by atoms with Crippen molar-refractivity contribution in [3.63, 3.8) is 0 Å². The molecule has 3 nitrogen and oxygen atoms in total. The summed E-state index contributed by atoms with van der Waals surface area (Å²) in [5.74, 6) is 0. The van der Waals surface area contributed by atoms with Crippen LogP contribution in [0, 0.1) is 10.1 Å². The highest BCUT2D eigenvalue weighted by molar-refractivity contribution is 6.35. The van der Waals surface area contributed by atoms with Gasteiger partial charge in [0.25, 0.3) is 5.69 Å². The van der Waals surface area contributed by atoms with Gasteiger partial charge in [0.05, 0.1) is 4.92 Å². The summed E-state index contributed by atoms with van der Waals surface area (Å²) >= 11 is 11.9. The Kier molecular flexibility index (Phi) is 5.14. The molecule has 0 spiro atoms. The molecule has 0 aliphatic rings. The fourth-order valence-corrected chi connectivity index (χ4v) is 2.14. The predicted molar refractivity (Wildman–Crippen MR) is 87.6 cm³/mol. The molecule has 0 amide bonds. The Labute approximate surface area is 132 Å². The molecule has 0 N–H and O–H groups in total. The third-order valence-electron chi connectivity index (χ3n) is 2.74. The number of allylic oxidation sites excluding steroid dienone is 2. The summed E-state index contributed by atoms with van der Waals surface area (Å²) in [5, 5.41) is 11.7. The summed E-state index contributed by atoms with van der Waals surface area (Å²) in [7, 11) is 0. The van der Waals surface area contributed by atoms with Crippen LogP contribution in [-0.2, 0) is 0 Å². The van der Waals surface area contributed by atoms with Crippen LogP contribution >= 0.6 is 23.2 Å². The second kappa shape index (κ2) is 7.07. The quantitative estimate of drug-likeness (QED) is 0.416. The monoisotopic (exact) mass is 319 g/mol. The zero-order chi connectivity index (χ0) is 15.2. The molecule has 0 aromatic heterocycles. The molecule has 0 fully saturated rings. The minimum Gasteiger partial charge on any atom is -0.258 e. The number of halogens is 2. The van der Waals surface area contributed by atoms with Crippen molar-refractivity contribution in [2.75, 3.05) is 0 Å². The maximum Gasteiger partial charge on any atom is 0.269 e. The van der Waals surface area contributed by atoms with E-state index in [1.165, 1.54) is 12.1 Å². The molecular formula is C16H11Cl2NO2. The van der Waals surface area contributed by atoms with Crippen LogP contribution in [0.2, 0.25) is 10.0 Å². The van der Waals surface area contributed by atoms with E-state index in [-0.39, 0.29) is 5.69 Å². The first-order valence-corrected chi connectivity index (χ1v) is 6.86. The Morgan fingerprint density at radius 3 is 2.24 bits per heavy atom. The standard InChI is InChI=1S/C16H11Cl2NO2/c17-14-8-7-13(16(18)11-14)4-2-1-3-12-5-9-15(10-6-12)19(20)21/h1-11H/b3-1+,4-2+. The second-order valence-corrected chi connectivity index (χ2v) is 5.08. The van der Waals surface area contributed by atoms with Crippen molar-refractivity contribution in [3.05, 3.63) is 85.9 Å². The minimum absolute atomic E-state index is 0.0793. The first-order valence-electron chi connectivity index (χ1n) is 6.10. The van der Waals surface area contributed by atoms with Crippen LogP contribution in [0.15, 0.2) is 54.6 Å². The van der Waals surface area contributed by atoms with Gasteiger partial charge in [-0.15, -0.1) is 0 Å². The summed E-state index contributed by atoms with van der Waals surface area (Å²) in [6.45, 7) is 0. The van der Waals surface area contributed by atoms with Crippen molar-refractivity contribution in [1.29, 1.82) is 0 Å². The van der Waals surface area contributed by atoms with Crippen LogP contribution in [0.1, 0.15) is 11.1 Å². The molecule has 5 heteroatoms. The topological polar surface area (TPSA) is 43.1 Å². The van der Waals surface area contributed by atoms with Gasteiger partial charge in [0.15, 0.2) is 0 Å². The Bertz CT molecular complexity index is 707. The smallest absolute Gasteiger partial charge is 0.258 e. The number of non-ortho nitro benzene ring substituents is 1. The lowest BCUT2D eigenvalue weighted by molar-refractivity contribution is -0.384. The molecule has 2 aromatic rings. The zero-order valence-electron chi connectivity index (χ0n) is 10.9. The van der Waals surface area contributed by atoms with Gasteiger partial charge < -0.3 is 0 Å². The van der Waals surface area contributed by atoms with Crippen molar-refractivity contribution in [2.24, 2.45) is 0 Å². The van der Waals surface area contributed by atoms with Crippen LogP contribution in [0.3, 0.4) is 0 Å². The van der Waals surface area contributed by atoms with E-state index >= 15 is 0 Å². The molecule has 2 aromatic carbocycles. The van der Waals surface area contributed by atoms with Gasteiger partial charge in [-0.3, -0.25) is 10.1 Å². The lowest BCUT2D eigenvalue weighted by atomic mass is 10.1. The van der Waals surface area contributed by atoms with E-state index in [1.54, 1.807) is 24.3 Å². The average molecular weight is 320 g/mol. The Balaban J connectivity index is 2.04. The van der Waals surface area contributed by atoms with Gasteiger partial charge in [0.2, 0.25) is 0 Å². The molecule has 0 aliphatic heterocycles. The number of hydrogen-bond acceptors (Lipinski definition) is 2. The number of nitro groups is 1. The molecule has 2 rings (SSSR count). The maximum atomic E-state index is 10.5. The van der Waals surface area contributed by atoms with E-state index in [1.807, 2.05) is 30.4 Å². The molecule has 21 heavy (non-hydrogen) atoms. The lowest BCUT2D eigenvalue weighted by Crippen LogP contribution is -1.86. The summed E-state index contributed by atoms with van der Waals surface area (Å²) in [5.41, 5.74) is 1.83. The highest BCUT2D eigenvalue weighted by Crippen LogP contribution is 2.22. The van der Waals surface area contributed by atoms with E-state index < -0.39 is 4.92 Å². The predicted octanol–water partition coefficient (Wildman–Crippen LogP) is 5.63. The molecule has 0 saturated carbocycles. The van der Waals surface area contributed by atoms with Crippen molar-refractivity contribution < 1.29 is 4.92 Å². The third-order valence-corrected chi connectivity index (χ3v) is 3.30. The van der Waals surface area contributed by atoms with Crippen LogP contribution in [0.25, 0.3) is 12.2 Å². The van der Waals surface area contributed by atoms with Gasteiger partial charge >= 0.3 is 0 Å². The van der Waals surface area contributed by atoms with E-state index in [4.69, 9.17) is 23.2 Å². The SMILES string of the molecule is O=[N+]([O-])c1ccc(/C=C/C=C/c2ccc(Cl)cc2Cl)cc1. The van der Waals surface area contributed by atoms with E-state index in [9.17, 15) is 10.1 Å². The number of nitro benzene ring substituents is 1. The Hall–Kier alpha value is -2.10. The molecule has 0 radical (unpaired) electrons. The van der Waals surface area contributed by atoms with E-state index in [0.29, 0.717) is 10.0 Å². The maximum absolute atomic E-state index is 10.5. The largest absolute Gasteiger partial charge is 0.269 e.